The Morgan fingerprint density at radius 3 is 1.89 bits per heavy atom. The summed E-state index contributed by atoms with van der Waals surface area (Å²) in [5.74, 6) is 2.83. The van der Waals surface area contributed by atoms with Gasteiger partial charge in [0.15, 0.2) is 23.0 Å². The van der Waals surface area contributed by atoms with Crippen molar-refractivity contribution < 1.29 is 18.9 Å². The first-order chi connectivity index (χ1) is 17.8. The van der Waals surface area contributed by atoms with Gasteiger partial charge >= 0.3 is 0 Å². The van der Waals surface area contributed by atoms with E-state index >= 15 is 0 Å². The molecule has 6 nitrogen and oxygen atoms in total. The number of unbranched alkanes of at least 4 members (excludes halogenated alkanes) is 3. The fourth-order valence-corrected chi connectivity index (χ4v) is 5.31. The zero-order valence-corrected chi connectivity index (χ0v) is 22.0. The molecular weight excluding hydrogens is 492 g/mol. The zero-order valence-electron chi connectivity index (χ0n) is 20.4. The van der Waals surface area contributed by atoms with Gasteiger partial charge in [0.05, 0.1) is 11.4 Å². The van der Waals surface area contributed by atoms with Crippen LogP contribution in [0.4, 0.5) is 0 Å². The lowest BCUT2D eigenvalue weighted by molar-refractivity contribution is 0.245. The number of para-hydroxylation sites is 2. The Labute approximate surface area is 219 Å². The van der Waals surface area contributed by atoms with Crippen molar-refractivity contribution in [2.45, 2.75) is 65.5 Å². The minimum Gasteiger partial charge on any atom is -0.483 e. The molecule has 0 N–H and O–H groups in total. The summed E-state index contributed by atoms with van der Waals surface area (Å²) >= 11 is 3.12. The number of nitrogens with zero attached hydrogens (tertiary/aromatic N) is 2. The zero-order chi connectivity index (χ0) is 24.6. The maximum absolute atomic E-state index is 6.23. The smallest absolute Gasteiger partial charge is 0.162 e. The molecule has 3 heterocycles. The Balaban J connectivity index is 1.37. The van der Waals surface area contributed by atoms with Gasteiger partial charge in [-0.1, -0.05) is 44.4 Å². The van der Waals surface area contributed by atoms with Crippen molar-refractivity contribution in [3.05, 3.63) is 80.2 Å². The summed E-state index contributed by atoms with van der Waals surface area (Å²) in [5, 5.41) is 5.79. The Bertz CT molecular complexity index is 1270. The molecule has 0 aliphatic carbocycles. The van der Waals surface area contributed by atoms with Crippen LogP contribution >= 0.6 is 22.7 Å². The maximum Gasteiger partial charge on any atom is 0.162 e. The molecule has 2 aromatic heterocycles. The molecule has 0 atom stereocenters. The number of benzene rings is 2. The Hall–Kier alpha value is -3.10. The highest BCUT2D eigenvalue weighted by Gasteiger charge is 2.13. The minimum atomic E-state index is 0.364. The van der Waals surface area contributed by atoms with Gasteiger partial charge in [-0.2, -0.15) is 0 Å². The first-order valence-corrected chi connectivity index (χ1v) is 14.1. The van der Waals surface area contributed by atoms with E-state index in [4.69, 9.17) is 23.9 Å². The average Bonchev–Trinajstić information content (AvgIpc) is 3.56. The van der Waals surface area contributed by atoms with E-state index in [1.165, 1.54) is 31.2 Å². The molecule has 8 heteroatoms. The number of ether oxygens (including phenoxy) is 4. The van der Waals surface area contributed by atoms with E-state index in [0.29, 0.717) is 43.7 Å². The molecule has 0 unspecified atom stereocenters. The molecule has 0 amide bonds. The van der Waals surface area contributed by atoms with E-state index in [2.05, 4.69) is 24.0 Å². The van der Waals surface area contributed by atoms with Crippen LogP contribution in [0.3, 0.4) is 0 Å². The third kappa shape index (κ3) is 6.56. The van der Waals surface area contributed by atoms with E-state index < -0.39 is 0 Å². The van der Waals surface area contributed by atoms with E-state index in [1.807, 2.05) is 41.1 Å². The number of hydrogen-bond donors (Lipinski definition) is 0. The van der Waals surface area contributed by atoms with Crippen molar-refractivity contribution >= 4 is 22.7 Å². The highest BCUT2D eigenvalue weighted by atomic mass is 32.1. The summed E-state index contributed by atoms with van der Waals surface area (Å²) in [6, 6.07) is 13.9. The fraction of sp³-hybridized carbons (Fsp3) is 0.357. The van der Waals surface area contributed by atoms with Gasteiger partial charge in [0.2, 0.25) is 0 Å². The first kappa shape index (κ1) is 24.6. The summed E-state index contributed by atoms with van der Waals surface area (Å²) < 4.78 is 24.5. The van der Waals surface area contributed by atoms with Crippen molar-refractivity contribution in [1.29, 1.82) is 0 Å². The van der Waals surface area contributed by atoms with Crippen LogP contribution in [0.5, 0.6) is 23.0 Å². The van der Waals surface area contributed by atoms with Gasteiger partial charge < -0.3 is 18.9 Å². The molecule has 36 heavy (non-hydrogen) atoms. The molecule has 0 fully saturated rings. The van der Waals surface area contributed by atoms with Crippen LogP contribution in [0.2, 0.25) is 0 Å². The summed E-state index contributed by atoms with van der Waals surface area (Å²) in [4.78, 5) is 9.38. The Morgan fingerprint density at radius 1 is 0.667 bits per heavy atom. The highest BCUT2D eigenvalue weighted by molar-refractivity contribution is 7.09. The van der Waals surface area contributed by atoms with Crippen LogP contribution in [0.25, 0.3) is 0 Å². The largest absolute Gasteiger partial charge is 0.483 e. The molecule has 0 radical (unpaired) electrons. The van der Waals surface area contributed by atoms with Crippen LogP contribution in [0.1, 0.15) is 59.6 Å². The second kappa shape index (κ2) is 12.2. The molecule has 0 saturated carbocycles. The lowest BCUT2D eigenvalue weighted by atomic mass is 10.1. The number of hydrogen-bond acceptors (Lipinski definition) is 8. The Morgan fingerprint density at radius 2 is 1.25 bits per heavy atom. The van der Waals surface area contributed by atoms with Crippen LogP contribution < -0.4 is 18.9 Å². The third-order valence-electron chi connectivity index (χ3n) is 5.83. The lowest BCUT2D eigenvalue weighted by Gasteiger charge is -2.14. The van der Waals surface area contributed by atoms with Crippen LogP contribution in [0.15, 0.2) is 53.2 Å². The number of aromatic nitrogens is 2. The van der Waals surface area contributed by atoms with Crippen LogP contribution in [0, 0.1) is 0 Å². The van der Waals surface area contributed by atoms with Crippen molar-refractivity contribution in [3.8, 4) is 23.0 Å². The predicted octanol–water partition coefficient (Wildman–Crippen LogP) is 7.35. The summed E-state index contributed by atoms with van der Waals surface area (Å²) in [5.41, 5.74) is 2.99. The van der Waals surface area contributed by atoms with Gasteiger partial charge in [-0.25, -0.2) is 9.97 Å². The van der Waals surface area contributed by atoms with Crippen molar-refractivity contribution in [2.24, 2.45) is 0 Å². The molecule has 0 spiro atoms. The second-order valence-corrected chi connectivity index (χ2v) is 10.5. The van der Waals surface area contributed by atoms with Crippen molar-refractivity contribution in [1.82, 2.24) is 9.97 Å². The molecule has 5 rings (SSSR count). The van der Waals surface area contributed by atoms with Gasteiger partial charge in [-0.3, -0.25) is 0 Å². The van der Waals surface area contributed by atoms with E-state index in [-0.39, 0.29) is 0 Å². The fourth-order valence-electron chi connectivity index (χ4n) is 3.93. The van der Waals surface area contributed by atoms with E-state index in [0.717, 1.165) is 33.6 Å². The molecule has 188 valence electrons. The molecule has 2 aromatic carbocycles. The van der Waals surface area contributed by atoms with Gasteiger partial charge in [-0.05, 0) is 42.7 Å². The summed E-state index contributed by atoms with van der Waals surface area (Å²) in [6.07, 6.45) is 5.96. The SMILES string of the molecule is CCCCCCc1ccc2c(c1)OCc1csc(n1)COc1ccccc1OCc1nc(cs1)CO2. The van der Waals surface area contributed by atoms with Crippen LogP contribution in [-0.4, -0.2) is 9.97 Å². The highest BCUT2D eigenvalue weighted by Crippen LogP contribution is 2.32. The summed E-state index contributed by atoms with van der Waals surface area (Å²) in [7, 11) is 0. The number of thiazole rings is 2. The van der Waals surface area contributed by atoms with Gasteiger partial charge in [-0.15, -0.1) is 22.7 Å². The first-order valence-electron chi connectivity index (χ1n) is 12.4. The monoisotopic (exact) mass is 522 g/mol. The Kier molecular flexibility index (Phi) is 8.35. The quantitative estimate of drug-likeness (QED) is 0.255. The average molecular weight is 523 g/mol. The van der Waals surface area contributed by atoms with E-state index in [1.54, 1.807) is 22.7 Å². The number of aryl methyl sites for hydroxylation is 1. The maximum atomic E-state index is 6.23. The van der Waals surface area contributed by atoms with Crippen molar-refractivity contribution in [2.75, 3.05) is 0 Å². The third-order valence-corrected chi connectivity index (χ3v) is 7.57. The normalized spacial score (nSPS) is 13.6. The molecule has 4 aromatic rings. The van der Waals surface area contributed by atoms with Gasteiger partial charge in [0.1, 0.15) is 36.4 Å². The molecule has 1 aliphatic heterocycles. The molecule has 1 aliphatic rings. The standard InChI is InChI=1S/C28H30N2O4S2/c1-2-3-4-5-8-20-11-12-25-26(13-20)32-15-22-19-36-28(30-22)17-34-24-10-7-6-9-23(24)33-16-27-29-21(14-31-25)18-35-27/h6-7,9-13,18-19H,2-5,8,14-17H2,1H3. The topological polar surface area (TPSA) is 62.7 Å². The van der Waals surface area contributed by atoms with Crippen LogP contribution in [-0.2, 0) is 32.8 Å². The van der Waals surface area contributed by atoms with Gasteiger partial charge in [0, 0.05) is 10.8 Å². The minimum absolute atomic E-state index is 0.364. The summed E-state index contributed by atoms with van der Waals surface area (Å²) in [6.45, 7) is 3.70. The predicted molar refractivity (Wildman–Crippen MR) is 142 cm³/mol. The molecule has 4 bridgehead atoms. The molecule has 0 saturated heterocycles. The second-order valence-electron chi connectivity index (χ2n) is 8.66. The molecular formula is C28H30N2O4S2. The van der Waals surface area contributed by atoms with E-state index in [9.17, 15) is 0 Å². The van der Waals surface area contributed by atoms with Gasteiger partial charge in [0.25, 0.3) is 0 Å². The van der Waals surface area contributed by atoms with Crippen molar-refractivity contribution in [3.63, 3.8) is 0 Å². The number of rotatable bonds is 5. The number of fused-ring (bicyclic) bond motifs is 6. The lowest BCUT2D eigenvalue weighted by Crippen LogP contribution is -2.04.